The van der Waals surface area contributed by atoms with E-state index in [2.05, 4.69) is 24.1 Å². The van der Waals surface area contributed by atoms with Crippen LogP contribution >= 0.6 is 0 Å². The predicted octanol–water partition coefficient (Wildman–Crippen LogP) is 8.56. The number of hydrogen-bond donors (Lipinski definition) is 0. The second kappa shape index (κ2) is 17.7. The lowest BCUT2D eigenvalue weighted by molar-refractivity contribution is -0.134. The molecule has 0 unspecified atom stereocenters. The average Bonchev–Trinajstić information content (AvgIpc) is 2.86. The zero-order valence-electron chi connectivity index (χ0n) is 21.8. The van der Waals surface area contributed by atoms with Gasteiger partial charge in [-0.2, -0.15) is 0 Å². The minimum atomic E-state index is -0.289. The van der Waals surface area contributed by atoms with Crippen LogP contribution in [0.2, 0.25) is 0 Å². The topological polar surface area (TPSA) is 56.3 Å². The number of pyridine rings is 1. The molecule has 0 saturated heterocycles. The molecule has 35 heavy (non-hydrogen) atoms. The number of esters is 1. The summed E-state index contributed by atoms with van der Waals surface area (Å²) >= 11 is 0. The van der Waals surface area contributed by atoms with E-state index in [4.69, 9.17) is 4.74 Å². The van der Waals surface area contributed by atoms with Crippen molar-refractivity contribution in [2.24, 2.45) is 0 Å². The van der Waals surface area contributed by atoms with E-state index in [1.807, 2.05) is 13.0 Å². The number of aryl methyl sites for hydroxylation is 1. The van der Waals surface area contributed by atoms with Crippen LogP contribution in [-0.2, 0) is 4.79 Å². The summed E-state index contributed by atoms with van der Waals surface area (Å²) in [7, 11) is 0. The molecule has 4 heteroatoms. The number of allylic oxidation sites excluding steroid dienone is 2. The highest BCUT2D eigenvalue weighted by Crippen LogP contribution is 2.25. The Balaban J connectivity index is 1.60. The second-order valence-electron chi connectivity index (χ2n) is 9.30. The van der Waals surface area contributed by atoms with Crippen LogP contribution in [0, 0.1) is 6.92 Å². The van der Waals surface area contributed by atoms with Gasteiger partial charge in [0.05, 0.1) is 5.56 Å². The third-order valence-corrected chi connectivity index (χ3v) is 6.23. The molecule has 0 fully saturated rings. The Bertz CT molecular complexity index is 905. The van der Waals surface area contributed by atoms with E-state index < -0.39 is 0 Å². The molecule has 1 aromatic carbocycles. The third-order valence-electron chi connectivity index (χ3n) is 6.23. The number of nitrogens with zero attached hydrogens (tertiary/aromatic N) is 1. The minimum absolute atomic E-state index is 0.229. The van der Waals surface area contributed by atoms with Crippen LogP contribution in [0.5, 0.6) is 5.75 Å². The lowest BCUT2D eigenvalue weighted by Gasteiger charge is -2.11. The Kier molecular flexibility index (Phi) is 14.4. The third kappa shape index (κ3) is 11.5. The SMILES string of the molecule is CCCCCCCC/C=C\CCCCCCCC(=O)Oc1cccc(C)c1C(=O)c1ccccn1. The first-order chi connectivity index (χ1) is 17.1. The van der Waals surface area contributed by atoms with Gasteiger partial charge in [0.15, 0.2) is 0 Å². The zero-order chi connectivity index (χ0) is 25.1. The smallest absolute Gasteiger partial charge is 0.311 e. The van der Waals surface area contributed by atoms with E-state index in [0.29, 0.717) is 23.4 Å². The number of ether oxygens (including phenoxy) is 1. The van der Waals surface area contributed by atoms with E-state index in [0.717, 1.165) is 31.2 Å². The molecule has 0 N–H and O–H groups in total. The molecule has 2 aromatic rings. The number of unbranched alkanes of at least 4 members (excludes halogenated alkanes) is 11. The summed E-state index contributed by atoms with van der Waals surface area (Å²) in [6, 6.07) is 10.5. The molecule has 1 heterocycles. The number of hydrogen-bond acceptors (Lipinski definition) is 4. The van der Waals surface area contributed by atoms with Crippen LogP contribution in [0.3, 0.4) is 0 Å². The van der Waals surface area contributed by atoms with E-state index in [1.54, 1.807) is 36.5 Å². The first kappa shape index (κ1) is 28.5. The van der Waals surface area contributed by atoms with E-state index >= 15 is 0 Å². The van der Waals surface area contributed by atoms with Crippen LogP contribution in [0.1, 0.15) is 118 Å². The van der Waals surface area contributed by atoms with Crippen LogP contribution in [0.15, 0.2) is 54.7 Å². The summed E-state index contributed by atoms with van der Waals surface area (Å²) in [6.45, 7) is 4.10. The quantitative estimate of drug-likeness (QED) is 0.0709. The molecule has 0 spiro atoms. The molecule has 0 saturated carbocycles. The van der Waals surface area contributed by atoms with Crippen molar-refractivity contribution in [1.82, 2.24) is 4.98 Å². The summed E-state index contributed by atoms with van der Waals surface area (Å²) in [5.41, 5.74) is 1.52. The molecule has 2 rings (SSSR count). The van der Waals surface area contributed by atoms with Gasteiger partial charge in [-0.1, -0.05) is 88.6 Å². The van der Waals surface area contributed by atoms with Gasteiger partial charge in [0, 0.05) is 12.6 Å². The van der Waals surface area contributed by atoms with Crippen molar-refractivity contribution >= 4 is 11.8 Å². The Labute approximate surface area is 212 Å². The van der Waals surface area contributed by atoms with Crippen molar-refractivity contribution in [2.45, 2.75) is 104 Å². The summed E-state index contributed by atoms with van der Waals surface area (Å²) in [5.74, 6) is -0.200. The van der Waals surface area contributed by atoms with Crippen molar-refractivity contribution in [2.75, 3.05) is 0 Å². The summed E-state index contributed by atoms with van der Waals surface area (Å²) in [6.07, 6.45) is 22.5. The molecular formula is C31H43NO3. The van der Waals surface area contributed by atoms with Crippen LogP contribution in [-0.4, -0.2) is 16.7 Å². The fraction of sp³-hybridized carbons (Fsp3) is 0.516. The molecule has 0 bridgehead atoms. The molecule has 4 nitrogen and oxygen atoms in total. The maximum atomic E-state index is 12.9. The van der Waals surface area contributed by atoms with Crippen molar-refractivity contribution in [3.63, 3.8) is 0 Å². The van der Waals surface area contributed by atoms with Crippen LogP contribution in [0.4, 0.5) is 0 Å². The number of carbonyl (C=O) groups excluding carboxylic acids is 2. The molecule has 0 radical (unpaired) electrons. The van der Waals surface area contributed by atoms with Gasteiger partial charge in [-0.3, -0.25) is 14.6 Å². The summed E-state index contributed by atoms with van der Waals surface area (Å²) in [5, 5.41) is 0. The maximum Gasteiger partial charge on any atom is 0.311 e. The Morgan fingerprint density at radius 1 is 0.800 bits per heavy atom. The lowest BCUT2D eigenvalue weighted by atomic mass is 10.0. The van der Waals surface area contributed by atoms with Gasteiger partial charge < -0.3 is 4.74 Å². The number of ketones is 1. The Morgan fingerprint density at radius 2 is 1.46 bits per heavy atom. The molecular weight excluding hydrogens is 434 g/mol. The fourth-order valence-corrected chi connectivity index (χ4v) is 4.16. The summed E-state index contributed by atoms with van der Waals surface area (Å²) < 4.78 is 5.59. The monoisotopic (exact) mass is 477 g/mol. The van der Waals surface area contributed by atoms with Gasteiger partial charge >= 0.3 is 5.97 Å². The Hall–Kier alpha value is -2.75. The van der Waals surface area contributed by atoms with Gasteiger partial charge in [-0.25, -0.2) is 0 Å². The van der Waals surface area contributed by atoms with E-state index in [9.17, 15) is 9.59 Å². The standard InChI is InChI=1S/C31H43NO3/c1-3-4-5-6-7-8-9-10-11-12-13-14-15-16-17-24-29(33)35-28-23-20-21-26(2)30(28)31(34)27-22-18-19-25-32-27/h10-11,18-23,25H,3-9,12-17,24H2,1-2H3/b11-10-. The number of rotatable bonds is 18. The molecule has 0 aliphatic rings. The summed E-state index contributed by atoms with van der Waals surface area (Å²) in [4.78, 5) is 29.5. The largest absolute Gasteiger partial charge is 0.426 e. The normalized spacial score (nSPS) is 11.1. The van der Waals surface area contributed by atoms with Gasteiger partial charge in [0.1, 0.15) is 11.4 Å². The van der Waals surface area contributed by atoms with Crippen molar-refractivity contribution < 1.29 is 14.3 Å². The predicted molar refractivity (Wildman–Crippen MR) is 144 cm³/mol. The van der Waals surface area contributed by atoms with Crippen LogP contribution in [0.25, 0.3) is 0 Å². The van der Waals surface area contributed by atoms with Gasteiger partial charge in [-0.15, -0.1) is 0 Å². The number of benzene rings is 1. The van der Waals surface area contributed by atoms with Gasteiger partial charge in [0.25, 0.3) is 0 Å². The molecule has 0 aliphatic heterocycles. The van der Waals surface area contributed by atoms with Crippen molar-refractivity contribution in [1.29, 1.82) is 0 Å². The molecule has 0 aliphatic carbocycles. The zero-order valence-corrected chi connectivity index (χ0v) is 21.8. The van der Waals surface area contributed by atoms with E-state index in [-0.39, 0.29) is 11.8 Å². The highest BCUT2D eigenvalue weighted by atomic mass is 16.5. The maximum absolute atomic E-state index is 12.9. The Morgan fingerprint density at radius 3 is 2.11 bits per heavy atom. The van der Waals surface area contributed by atoms with Gasteiger partial charge in [-0.05, 0) is 62.8 Å². The lowest BCUT2D eigenvalue weighted by Crippen LogP contribution is -2.13. The highest BCUT2D eigenvalue weighted by molar-refractivity contribution is 6.10. The molecule has 0 amide bonds. The fourth-order valence-electron chi connectivity index (χ4n) is 4.16. The first-order valence-electron chi connectivity index (χ1n) is 13.5. The second-order valence-corrected chi connectivity index (χ2v) is 9.30. The molecule has 1 aromatic heterocycles. The van der Waals surface area contributed by atoms with E-state index in [1.165, 1.54) is 57.8 Å². The average molecular weight is 478 g/mol. The molecule has 190 valence electrons. The van der Waals surface area contributed by atoms with Crippen molar-refractivity contribution in [3.05, 3.63) is 71.6 Å². The number of carbonyl (C=O) groups is 2. The first-order valence-corrected chi connectivity index (χ1v) is 13.5. The van der Waals surface area contributed by atoms with Gasteiger partial charge in [0.2, 0.25) is 5.78 Å². The molecule has 0 atom stereocenters. The van der Waals surface area contributed by atoms with Crippen LogP contribution < -0.4 is 4.74 Å². The number of aromatic nitrogens is 1. The minimum Gasteiger partial charge on any atom is -0.426 e. The highest BCUT2D eigenvalue weighted by Gasteiger charge is 2.20. The van der Waals surface area contributed by atoms with Crippen molar-refractivity contribution in [3.8, 4) is 5.75 Å².